The molecule has 25 heavy (non-hydrogen) atoms. The molecular weight excluding hydrogens is 319 g/mol. The van der Waals surface area contributed by atoms with Gasteiger partial charge in [0, 0.05) is 30.3 Å². The van der Waals surface area contributed by atoms with Crippen molar-refractivity contribution in [1.82, 2.24) is 4.90 Å². The topological polar surface area (TPSA) is 41.9 Å². The van der Waals surface area contributed by atoms with Crippen molar-refractivity contribution in [1.29, 1.82) is 0 Å². The summed E-state index contributed by atoms with van der Waals surface area (Å²) in [7, 11) is 0. The zero-order chi connectivity index (χ0) is 17.3. The smallest absolute Gasteiger partial charge is 0.410 e. The molecular formula is C20H19FN2O2. The fourth-order valence-corrected chi connectivity index (χ4v) is 3.65. The van der Waals surface area contributed by atoms with Gasteiger partial charge >= 0.3 is 6.09 Å². The van der Waals surface area contributed by atoms with Crippen LogP contribution in [0.5, 0.6) is 0 Å². The Balaban J connectivity index is 1.40. The minimum absolute atomic E-state index is 0.213. The number of fused-ring (bicyclic) bond motifs is 2. The van der Waals surface area contributed by atoms with Crippen molar-refractivity contribution in [3.63, 3.8) is 0 Å². The van der Waals surface area contributed by atoms with E-state index in [-0.39, 0.29) is 18.5 Å². The van der Waals surface area contributed by atoms with Crippen LogP contribution in [0.3, 0.4) is 0 Å². The molecule has 4 nitrogen and oxygen atoms in total. The number of amides is 1. The van der Waals surface area contributed by atoms with Crippen LogP contribution in [0.1, 0.15) is 24.0 Å². The van der Waals surface area contributed by atoms with E-state index in [0.717, 1.165) is 5.56 Å². The van der Waals surface area contributed by atoms with Gasteiger partial charge in [-0.3, -0.25) is 4.99 Å². The van der Waals surface area contributed by atoms with Crippen LogP contribution in [0.4, 0.5) is 14.9 Å². The lowest BCUT2D eigenvalue weighted by Gasteiger charge is -2.37. The highest BCUT2D eigenvalue weighted by molar-refractivity contribution is 5.85. The number of ether oxygens (including phenoxy) is 1. The molecule has 5 heteroatoms. The fraction of sp³-hybridized carbons (Fsp3) is 0.300. The number of carbonyl (C=O) groups is 1. The van der Waals surface area contributed by atoms with Crippen LogP contribution in [-0.4, -0.2) is 30.3 Å². The third-order valence-corrected chi connectivity index (χ3v) is 5.06. The van der Waals surface area contributed by atoms with Crippen molar-refractivity contribution in [2.24, 2.45) is 4.99 Å². The number of benzene rings is 2. The van der Waals surface area contributed by atoms with Gasteiger partial charge < -0.3 is 9.64 Å². The standard InChI is InChI=1S/C20H19FN2O2/c21-16-7-4-8-17-18(16)20(14-22-17)9-11-23(12-10-20)19(24)25-13-15-5-2-1-3-6-15/h1-8,14H,9-13H2. The summed E-state index contributed by atoms with van der Waals surface area (Å²) < 4.78 is 19.7. The van der Waals surface area contributed by atoms with Gasteiger partial charge in [-0.25, -0.2) is 9.18 Å². The highest BCUT2D eigenvalue weighted by atomic mass is 19.1. The van der Waals surface area contributed by atoms with Crippen LogP contribution in [0.25, 0.3) is 0 Å². The number of halogens is 1. The molecule has 1 fully saturated rings. The summed E-state index contributed by atoms with van der Waals surface area (Å²) in [5.41, 5.74) is 1.95. The third-order valence-electron chi connectivity index (χ3n) is 5.06. The molecule has 0 bridgehead atoms. The lowest BCUT2D eigenvalue weighted by atomic mass is 9.74. The van der Waals surface area contributed by atoms with Crippen molar-refractivity contribution < 1.29 is 13.9 Å². The molecule has 128 valence electrons. The Kier molecular flexibility index (Phi) is 3.99. The van der Waals surface area contributed by atoms with Gasteiger partial charge in [-0.1, -0.05) is 36.4 Å². The first kappa shape index (κ1) is 15.8. The molecule has 0 unspecified atom stereocenters. The number of nitrogens with zero attached hydrogens (tertiary/aromatic N) is 2. The molecule has 1 amide bonds. The number of hydrogen-bond donors (Lipinski definition) is 0. The molecule has 0 atom stereocenters. The lowest BCUT2D eigenvalue weighted by Crippen LogP contribution is -2.45. The SMILES string of the molecule is O=C(OCc1ccccc1)N1CCC2(C=Nc3cccc(F)c32)CC1. The summed E-state index contributed by atoms with van der Waals surface area (Å²) in [5.74, 6) is -0.213. The summed E-state index contributed by atoms with van der Waals surface area (Å²) in [4.78, 5) is 18.4. The highest BCUT2D eigenvalue weighted by Gasteiger charge is 2.42. The van der Waals surface area contributed by atoms with E-state index in [1.165, 1.54) is 6.07 Å². The Morgan fingerprint density at radius 2 is 1.88 bits per heavy atom. The van der Waals surface area contributed by atoms with E-state index in [2.05, 4.69) is 4.99 Å². The number of hydrogen-bond acceptors (Lipinski definition) is 3. The Hall–Kier alpha value is -2.69. The number of aliphatic imine (C=N–C) groups is 1. The molecule has 0 aliphatic carbocycles. The number of likely N-dealkylation sites (tertiary alicyclic amines) is 1. The maximum atomic E-state index is 14.3. The van der Waals surface area contributed by atoms with E-state index in [1.54, 1.807) is 11.0 Å². The molecule has 4 rings (SSSR count). The van der Waals surface area contributed by atoms with E-state index in [4.69, 9.17) is 4.74 Å². The predicted molar refractivity (Wildman–Crippen MR) is 93.7 cm³/mol. The van der Waals surface area contributed by atoms with Gasteiger partial charge in [-0.15, -0.1) is 0 Å². The molecule has 2 aliphatic rings. The summed E-state index contributed by atoms with van der Waals surface area (Å²) in [6.45, 7) is 1.33. The number of carbonyl (C=O) groups excluding carboxylic acids is 1. The van der Waals surface area contributed by atoms with Crippen LogP contribution in [0.2, 0.25) is 0 Å². The van der Waals surface area contributed by atoms with Crippen LogP contribution in [0, 0.1) is 5.82 Å². The molecule has 0 N–H and O–H groups in total. The van der Waals surface area contributed by atoms with E-state index >= 15 is 0 Å². The molecule has 2 heterocycles. The molecule has 0 saturated carbocycles. The molecule has 1 saturated heterocycles. The second-order valence-electron chi connectivity index (χ2n) is 6.58. The summed E-state index contributed by atoms with van der Waals surface area (Å²) >= 11 is 0. The van der Waals surface area contributed by atoms with Gasteiger partial charge in [0.2, 0.25) is 0 Å². The summed E-state index contributed by atoms with van der Waals surface area (Å²) in [6, 6.07) is 14.6. The minimum atomic E-state index is -0.392. The fourth-order valence-electron chi connectivity index (χ4n) is 3.65. The molecule has 1 spiro atoms. The van der Waals surface area contributed by atoms with E-state index in [9.17, 15) is 9.18 Å². The summed E-state index contributed by atoms with van der Waals surface area (Å²) in [6.07, 6.45) is 2.85. The average molecular weight is 338 g/mol. The van der Waals surface area contributed by atoms with Crippen molar-refractivity contribution >= 4 is 18.0 Å². The molecule has 0 radical (unpaired) electrons. The lowest BCUT2D eigenvalue weighted by molar-refractivity contribution is 0.0839. The van der Waals surface area contributed by atoms with Gasteiger partial charge in [0.25, 0.3) is 0 Å². The summed E-state index contributed by atoms with van der Waals surface area (Å²) in [5, 5.41) is 0. The normalized spacial score (nSPS) is 17.6. The van der Waals surface area contributed by atoms with Crippen LogP contribution in [-0.2, 0) is 16.8 Å². The first-order valence-electron chi connectivity index (χ1n) is 8.48. The van der Waals surface area contributed by atoms with Gasteiger partial charge in [-0.05, 0) is 30.5 Å². The van der Waals surface area contributed by atoms with Crippen molar-refractivity contribution in [2.75, 3.05) is 13.1 Å². The Labute approximate surface area is 145 Å². The number of piperidine rings is 1. The first-order valence-corrected chi connectivity index (χ1v) is 8.48. The van der Waals surface area contributed by atoms with Crippen molar-refractivity contribution in [2.45, 2.75) is 24.9 Å². The monoisotopic (exact) mass is 338 g/mol. The van der Waals surface area contributed by atoms with Gasteiger partial charge in [0.05, 0.1) is 5.69 Å². The van der Waals surface area contributed by atoms with Crippen LogP contribution in [0.15, 0.2) is 53.5 Å². The van der Waals surface area contributed by atoms with E-state index in [0.29, 0.717) is 37.2 Å². The second kappa shape index (κ2) is 6.31. The van der Waals surface area contributed by atoms with E-state index < -0.39 is 5.41 Å². The largest absolute Gasteiger partial charge is 0.445 e. The Morgan fingerprint density at radius 1 is 1.12 bits per heavy atom. The van der Waals surface area contributed by atoms with Gasteiger partial charge in [-0.2, -0.15) is 0 Å². The Bertz CT molecular complexity index is 812. The van der Waals surface area contributed by atoms with Gasteiger partial charge in [0.1, 0.15) is 12.4 Å². The quantitative estimate of drug-likeness (QED) is 0.823. The van der Waals surface area contributed by atoms with Crippen LogP contribution >= 0.6 is 0 Å². The average Bonchev–Trinajstić information content (AvgIpc) is 3.01. The molecule has 0 aromatic heterocycles. The molecule has 2 aliphatic heterocycles. The molecule has 2 aromatic rings. The van der Waals surface area contributed by atoms with E-state index in [1.807, 2.05) is 42.6 Å². The first-order chi connectivity index (χ1) is 12.2. The van der Waals surface area contributed by atoms with Gasteiger partial charge in [0.15, 0.2) is 0 Å². The predicted octanol–water partition coefficient (Wildman–Crippen LogP) is 4.21. The number of rotatable bonds is 2. The zero-order valence-corrected chi connectivity index (χ0v) is 13.8. The maximum Gasteiger partial charge on any atom is 0.410 e. The highest BCUT2D eigenvalue weighted by Crippen LogP contribution is 2.44. The zero-order valence-electron chi connectivity index (χ0n) is 13.8. The Morgan fingerprint density at radius 3 is 2.64 bits per heavy atom. The minimum Gasteiger partial charge on any atom is -0.445 e. The van der Waals surface area contributed by atoms with Crippen molar-refractivity contribution in [3.8, 4) is 0 Å². The molecule has 2 aromatic carbocycles. The maximum absolute atomic E-state index is 14.3. The van der Waals surface area contributed by atoms with Crippen LogP contribution < -0.4 is 0 Å². The van der Waals surface area contributed by atoms with Crippen molar-refractivity contribution in [3.05, 3.63) is 65.5 Å². The third kappa shape index (κ3) is 2.90. The second-order valence-corrected chi connectivity index (χ2v) is 6.58.